The van der Waals surface area contributed by atoms with Crippen LogP contribution in [0.3, 0.4) is 0 Å². The van der Waals surface area contributed by atoms with Crippen molar-refractivity contribution in [1.82, 2.24) is 9.62 Å². The van der Waals surface area contributed by atoms with Crippen molar-refractivity contribution in [2.75, 3.05) is 13.1 Å². The van der Waals surface area contributed by atoms with E-state index in [4.69, 9.17) is 11.6 Å². The molecule has 0 spiro atoms. The van der Waals surface area contributed by atoms with Crippen LogP contribution in [0.5, 0.6) is 0 Å². The van der Waals surface area contributed by atoms with Gasteiger partial charge in [0.15, 0.2) is 0 Å². The number of amides is 1. The molecule has 2 aromatic rings. The average Bonchev–Trinajstić information content (AvgIpc) is 3.13. The van der Waals surface area contributed by atoms with E-state index < -0.39 is 10.0 Å². The summed E-state index contributed by atoms with van der Waals surface area (Å²) in [5.74, 6) is -0.0248. The minimum atomic E-state index is -3.64. The summed E-state index contributed by atoms with van der Waals surface area (Å²) in [5.41, 5.74) is 2.61. The monoisotopic (exact) mass is 434 g/mol. The molecule has 0 aliphatic carbocycles. The van der Waals surface area contributed by atoms with E-state index in [0.29, 0.717) is 17.1 Å². The first kappa shape index (κ1) is 21.8. The molecular weight excluding hydrogens is 408 g/mol. The van der Waals surface area contributed by atoms with E-state index in [1.165, 1.54) is 0 Å². The fourth-order valence-electron chi connectivity index (χ4n) is 3.80. The number of halogens is 1. The van der Waals surface area contributed by atoms with E-state index in [0.717, 1.165) is 30.4 Å². The lowest BCUT2D eigenvalue weighted by atomic mass is 10.0. The van der Waals surface area contributed by atoms with Crippen LogP contribution in [0.15, 0.2) is 47.4 Å². The summed E-state index contributed by atoms with van der Waals surface area (Å²) in [6.07, 6.45) is 2.75. The Bertz CT molecular complexity index is 991. The largest absolute Gasteiger partial charge is 0.339 e. The molecule has 5 nitrogen and oxygen atoms in total. The maximum Gasteiger partial charge on any atom is 0.240 e. The average molecular weight is 435 g/mol. The second-order valence-electron chi connectivity index (χ2n) is 7.60. The molecule has 1 aliphatic heterocycles. The maximum atomic E-state index is 12.7. The van der Waals surface area contributed by atoms with E-state index in [1.807, 2.05) is 42.2 Å². The molecule has 1 heterocycles. The zero-order chi connectivity index (χ0) is 21.0. The summed E-state index contributed by atoms with van der Waals surface area (Å²) in [4.78, 5) is 14.9. The Hall–Kier alpha value is -1.89. The molecule has 29 heavy (non-hydrogen) atoms. The molecule has 1 aliphatic rings. The van der Waals surface area contributed by atoms with Crippen LogP contribution in [0.25, 0.3) is 0 Å². The van der Waals surface area contributed by atoms with Crippen molar-refractivity contribution in [2.24, 2.45) is 0 Å². The van der Waals surface area contributed by atoms with Crippen LogP contribution in [-0.4, -0.2) is 38.4 Å². The molecular formula is C22H27ClN2O3S. The quantitative estimate of drug-likeness (QED) is 0.719. The highest BCUT2D eigenvalue weighted by Crippen LogP contribution is 2.25. The third kappa shape index (κ3) is 5.38. The van der Waals surface area contributed by atoms with Gasteiger partial charge in [0.2, 0.25) is 15.9 Å². The molecule has 0 saturated carbocycles. The van der Waals surface area contributed by atoms with Gasteiger partial charge in [0.25, 0.3) is 0 Å². The van der Waals surface area contributed by atoms with Crippen molar-refractivity contribution in [2.45, 2.75) is 50.5 Å². The molecule has 0 aromatic heterocycles. The van der Waals surface area contributed by atoms with Crippen LogP contribution in [-0.2, 0) is 21.2 Å². The number of nitrogens with zero attached hydrogens (tertiary/aromatic N) is 1. The van der Waals surface area contributed by atoms with E-state index in [2.05, 4.69) is 4.72 Å². The van der Waals surface area contributed by atoms with Crippen LogP contribution in [0.1, 0.15) is 36.0 Å². The Labute approximate surface area is 178 Å². The fraction of sp³-hybridized carbons (Fsp3) is 0.409. The van der Waals surface area contributed by atoms with Crippen molar-refractivity contribution >= 4 is 27.5 Å². The molecule has 3 rings (SSSR count). The second-order valence-corrected chi connectivity index (χ2v) is 9.74. The van der Waals surface area contributed by atoms with Crippen LogP contribution in [0, 0.1) is 13.8 Å². The number of hydrogen-bond acceptors (Lipinski definition) is 3. The first-order valence-electron chi connectivity index (χ1n) is 9.88. The molecule has 1 amide bonds. The predicted octanol–water partition coefficient (Wildman–Crippen LogP) is 3.86. The van der Waals surface area contributed by atoms with Gasteiger partial charge in [-0.05, 0) is 61.9 Å². The molecule has 1 fully saturated rings. The number of nitrogens with one attached hydrogen (secondary N) is 1. The smallest absolute Gasteiger partial charge is 0.240 e. The molecule has 7 heteroatoms. The maximum absolute atomic E-state index is 12.7. The fourth-order valence-corrected chi connectivity index (χ4v) is 5.38. The van der Waals surface area contributed by atoms with Crippen molar-refractivity contribution in [3.05, 3.63) is 64.2 Å². The Balaban J connectivity index is 1.58. The summed E-state index contributed by atoms with van der Waals surface area (Å²) in [7, 11) is -3.64. The number of rotatable bonds is 7. The molecule has 1 N–H and O–H groups in total. The Morgan fingerprint density at radius 3 is 2.72 bits per heavy atom. The van der Waals surface area contributed by atoms with Gasteiger partial charge in [-0.2, -0.15) is 0 Å². The lowest BCUT2D eigenvalue weighted by Gasteiger charge is -2.25. The first-order chi connectivity index (χ1) is 13.8. The van der Waals surface area contributed by atoms with Crippen molar-refractivity contribution in [3.8, 4) is 0 Å². The van der Waals surface area contributed by atoms with Gasteiger partial charge in [0.05, 0.1) is 4.90 Å². The minimum Gasteiger partial charge on any atom is -0.339 e. The lowest BCUT2D eigenvalue weighted by Crippen LogP contribution is -2.38. The Kier molecular flexibility index (Phi) is 6.98. The standard InChI is InChI=1S/C22H27ClN2O3S/c1-16-9-10-17(2)21(14-16)29(27,28)24-12-11-22(26)25-13-5-7-19(25)15-18-6-3-4-8-20(18)23/h3-4,6,8-10,14,19,24H,5,7,11-13,15H2,1-2H3. The molecule has 0 bridgehead atoms. The van der Waals surface area contributed by atoms with Crippen molar-refractivity contribution in [1.29, 1.82) is 0 Å². The van der Waals surface area contributed by atoms with Gasteiger partial charge in [-0.25, -0.2) is 13.1 Å². The number of hydrogen-bond donors (Lipinski definition) is 1. The summed E-state index contributed by atoms with van der Waals surface area (Å²) in [6, 6.07) is 13.1. The number of carbonyl (C=O) groups is 1. The normalized spacial score (nSPS) is 16.9. The molecule has 2 aromatic carbocycles. The lowest BCUT2D eigenvalue weighted by molar-refractivity contribution is -0.131. The van der Waals surface area contributed by atoms with Crippen LogP contribution >= 0.6 is 11.6 Å². The third-order valence-corrected chi connectivity index (χ3v) is 7.35. The van der Waals surface area contributed by atoms with E-state index in [9.17, 15) is 13.2 Å². The highest BCUT2D eigenvalue weighted by Gasteiger charge is 2.29. The zero-order valence-corrected chi connectivity index (χ0v) is 18.4. The minimum absolute atomic E-state index is 0.0248. The summed E-state index contributed by atoms with van der Waals surface area (Å²) in [6.45, 7) is 4.42. The van der Waals surface area contributed by atoms with Gasteiger partial charge >= 0.3 is 0 Å². The van der Waals surface area contributed by atoms with Crippen LogP contribution in [0.2, 0.25) is 5.02 Å². The SMILES string of the molecule is Cc1ccc(C)c(S(=O)(=O)NCCC(=O)N2CCCC2Cc2ccccc2Cl)c1. The molecule has 156 valence electrons. The Morgan fingerprint density at radius 2 is 1.97 bits per heavy atom. The summed E-state index contributed by atoms with van der Waals surface area (Å²) >= 11 is 6.27. The number of benzene rings is 2. The molecule has 1 unspecified atom stereocenters. The third-order valence-electron chi connectivity index (χ3n) is 5.37. The predicted molar refractivity (Wildman–Crippen MR) is 116 cm³/mol. The van der Waals surface area contributed by atoms with Gasteiger partial charge in [-0.15, -0.1) is 0 Å². The van der Waals surface area contributed by atoms with Gasteiger partial charge < -0.3 is 4.90 Å². The number of carbonyl (C=O) groups excluding carboxylic acids is 1. The van der Waals surface area contributed by atoms with Gasteiger partial charge in [-0.1, -0.05) is 41.9 Å². The summed E-state index contributed by atoms with van der Waals surface area (Å²) < 4.78 is 27.8. The van der Waals surface area contributed by atoms with Gasteiger partial charge in [0, 0.05) is 30.6 Å². The first-order valence-corrected chi connectivity index (χ1v) is 11.7. The van der Waals surface area contributed by atoms with Crippen LogP contribution < -0.4 is 4.72 Å². The van der Waals surface area contributed by atoms with Gasteiger partial charge in [-0.3, -0.25) is 4.79 Å². The molecule has 1 atom stereocenters. The number of sulfonamides is 1. The number of aryl methyl sites for hydroxylation is 2. The Morgan fingerprint density at radius 1 is 1.21 bits per heavy atom. The van der Waals surface area contributed by atoms with E-state index >= 15 is 0 Å². The van der Waals surface area contributed by atoms with Crippen molar-refractivity contribution < 1.29 is 13.2 Å². The second kappa shape index (κ2) is 9.28. The van der Waals surface area contributed by atoms with Crippen LogP contribution in [0.4, 0.5) is 0 Å². The van der Waals surface area contributed by atoms with E-state index in [-0.39, 0.29) is 29.8 Å². The zero-order valence-electron chi connectivity index (χ0n) is 16.8. The highest BCUT2D eigenvalue weighted by atomic mass is 35.5. The van der Waals surface area contributed by atoms with Gasteiger partial charge in [0.1, 0.15) is 0 Å². The number of likely N-dealkylation sites (tertiary alicyclic amines) is 1. The molecule has 0 radical (unpaired) electrons. The topological polar surface area (TPSA) is 66.5 Å². The van der Waals surface area contributed by atoms with E-state index in [1.54, 1.807) is 19.1 Å². The van der Waals surface area contributed by atoms with Crippen molar-refractivity contribution in [3.63, 3.8) is 0 Å². The molecule has 1 saturated heterocycles. The summed E-state index contributed by atoms with van der Waals surface area (Å²) in [5, 5.41) is 0.716. The highest BCUT2D eigenvalue weighted by molar-refractivity contribution is 7.89.